The molecule has 1 aromatic heterocycles. The van der Waals surface area contributed by atoms with Crippen molar-refractivity contribution in [3.05, 3.63) is 30.5 Å². The summed E-state index contributed by atoms with van der Waals surface area (Å²) in [6, 6.07) is 7.35. The zero-order valence-electron chi connectivity index (χ0n) is 10.0. The van der Waals surface area contributed by atoms with Gasteiger partial charge in [-0.15, -0.1) is 0 Å². The number of benzene rings is 1. The van der Waals surface area contributed by atoms with E-state index in [1.807, 2.05) is 12.1 Å². The van der Waals surface area contributed by atoms with Crippen molar-refractivity contribution in [2.45, 2.75) is 31.4 Å². The van der Waals surface area contributed by atoms with Gasteiger partial charge in [0.2, 0.25) is 5.88 Å². The number of pyridine rings is 1. The normalized spacial score (nSPS) is 23.4. The molecule has 1 aromatic carbocycles. The van der Waals surface area contributed by atoms with Crippen LogP contribution in [0.5, 0.6) is 11.6 Å². The second kappa shape index (κ2) is 4.46. The predicted molar refractivity (Wildman–Crippen MR) is 69.7 cm³/mol. The number of ether oxygens (including phenoxy) is 1. The number of phenols is 1. The molecule has 3 N–H and O–H groups in total. The second-order valence-electron chi connectivity index (χ2n) is 4.83. The Morgan fingerprint density at radius 3 is 2.94 bits per heavy atom. The maximum Gasteiger partial charge on any atom is 0.221 e. The lowest BCUT2D eigenvalue weighted by atomic mass is 10.1. The minimum absolute atomic E-state index is 0.139. The zero-order chi connectivity index (χ0) is 12.5. The summed E-state index contributed by atoms with van der Waals surface area (Å²) < 4.78 is 5.91. The van der Waals surface area contributed by atoms with Crippen molar-refractivity contribution < 1.29 is 9.84 Å². The van der Waals surface area contributed by atoms with Crippen molar-refractivity contribution in [3.63, 3.8) is 0 Å². The van der Waals surface area contributed by atoms with Gasteiger partial charge in [0.15, 0.2) is 0 Å². The van der Waals surface area contributed by atoms with Crippen LogP contribution >= 0.6 is 0 Å². The molecule has 0 bridgehead atoms. The zero-order valence-corrected chi connectivity index (χ0v) is 10.0. The molecule has 2 atom stereocenters. The van der Waals surface area contributed by atoms with Crippen LogP contribution in [0.1, 0.15) is 19.3 Å². The summed E-state index contributed by atoms with van der Waals surface area (Å²) in [5, 5.41) is 11.4. The molecule has 1 saturated carbocycles. The molecule has 0 saturated heterocycles. The van der Waals surface area contributed by atoms with E-state index in [1.165, 1.54) is 0 Å². The minimum Gasteiger partial charge on any atom is -0.508 e. The fourth-order valence-electron chi connectivity index (χ4n) is 2.46. The Kier molecular flexibility index (Phi) is 2.80. The van der Waals surface area contributed by atoms with E-state index in [4.69, 9.17) is 10.5 Å². The molecule has 3 rings (SSSR count). The van der Waals surface area contributed by atoms with E-state index in [-0.39, 0.29) is 17.9 Å². The first-order chi connectivity index (χ1) is 8.72. The van der Waals surface area contributed by atoms with Gasteiger partial charge in [0.05, 0.1) is 0 Å². The van der Waals surface area contributed by atoms with Crippen LogP contribution in [0.15, 0.2) is 30.5 Å². The average molecular weight is 244 g/mol. The Morgan fingerprint density at radius 2 is 2.17 bits per heavy atom. The molecule has 0 spiro atoms. The van der Waals surface area contributed by atoms with Gasteiger partial charge in [-0.3, -0.25) is 0 Å². The fraction of sp³-hybridized carbons (Fsp3) is 0.357. The van der Waals surface area contributed by atoms with E-state index >= 15 is 0 Å². The van der Waals surface area contributed by atoms with Crippen LogP contribution in [-0.4, -0.2) is 22.2 Å². The highest BCUT2D eigenvalue weighted by Crippen LogP contribution is 2.30. The van der Waals surface area contributed by atoms with Gasteiger partial charge in [0.25, 0.3) is 0 Å². The number of phenolic OH excluding ortho intramolecular Hbond substituents is 1. The minimum atomic E-state index is 0.139. The lowest BCUT2D eigenvalue weighted by Gasteiger charge is -2.14. The molecule has 94 valence electrons. The van der Waals surface area contributed by atoms with Gasteiger partial charge in [0.1, 0.15) is 11.9 Å². The highest BCUT2D eigenvalue weighted by molar-refractivity contribution is 5.87. The number of fused-ring (bicyclic) bond motifs is 1. The first-order valence-electron chi connectivity index (χ1n) is 6.22. The lowest BCUT2D eigenvalue weighted by Crippen LogP contribution is -2.19. The molecular formula is C14H16N2O2. The number of hydrogen-bond donors (Lipinski definition) is 2. The van der Waals surface area contributed by atoms with Crippen LogP contribution in [0.3, 0.4) is 0 Å². The third kappa shape index (κ3) is 2.11. The highest BCUT2D eigenvalue weighted by atomic mass is 16.5. The topological polar surface area (TPSA) is 68.4 Å². The molecule has 1 heterocycles. The van der Waals surface area contributed by atoms with Crippen molar-refractivity contribution in [2.24, 2.45) is 5.73 Å². The van der Waals surface area contributed by atoms with Crippen LogP contribution < -0.4 is 10.5 Å². The molecule has 18 heavy (non-hydrogen) atoms. The molecule has 0 amide bonds. The first-order valence-corrected chi connectivity index (χ1v) is 6.22. The molecule has 1 aliphatic carbocycles. The fourth-order valence-corrected chi connectivity index (χ4v) is 2.46. The smallest absolute Gasteiger partial charge is 0.221 e. The number of nitrogens with zero attached hydrogens (tertiary/aromatic N) is 1. The van der Waals surface area contributed by atoms with Crippen LogP contribution in [0.2, 0.25) is 0 Å². The third-order valence-corrected chi connectivity index (χ3v) is 3.42. The van der Waals surface area contributed by atoms with E-state index in [0.29, 0.717) is 5.88 Å². The standard InChI is InChI=1S/C14H16N2O2/c15-10-2-4-12(7-10)18-14-13-8-11(17)3-1-9(13)5-6-16-14/h1,3,5-6,8,10,12,17H,2,4,7,15H2. The SMILES string of the molecule is NC1CCC(Oc2nccc3ccc(O)cc23)C1. The van der Waals surface area contributed by atoms with E-state index in [0.717, 1.165) is 30.0 Å². The largest absolute Gasteiger partial charge is 0.508 e. The van der Waals surface area contributed by atoms with Crippen LogP contribution in [-0.2, 0) is 0 Å². The monoisotopic (exact) mass is 244 g/mol. The third-order valence-electron chi connectivity index (χ3n) is 3.42. The van der Waals surface area contributed by atoms with Crippen LogP contribution in [0, 0.1) is 0 Å². The molecule has 2 unspecified atom stereocenters. The first kappa shape index (κ1) is 11.3. The number of hydrogen-bond acceptors (Lipinski definition) is 4. The van der Waals surface area contributed by atoms with Gasteiger partial charge in [-0.05, 0) is 42.8 Å². The predicted octanol–water partition coefficient (Wildman–Crippen LogP) is 2.20. The van der Waals surface area contributed by atoms with E-state index < -0.39 is 0 Å². The summed E-state index contributed by atoms with van der Waals surface area (Å²) >= 11 is 0. The summed E-state index contributed by atoms with van der Waals surface area (Å²) in [5.74, 6) is 0.811. The van der Waals surface area contributed by atoms with Crippen molar-refractivity contribution in [3.8, 4) is 11.6 Å². The van der Waals surface area contributed by atoms with Gasteiger partial charge in [-0.2, -0.15) is 0 Å². The Morgan fingerprint density at radius 1 is 1.28 bits per heavy atom. The van der Waals surface area contributed by atoms with E-state index in [1.54, 1.807) is 18.3 Å². The summed E-state index contributed by atoms with van der Waals surface area (Å²) in [6.07, 6.45) is 4.71. The van der Waals surface area contributed by atoms with E-state index in [9.17, 15) is 5.11 Å². The molecule has 0 radical (unpaired) electrons. The van der Waals surface area contributed by atoms with Gasteiger partial charge in [-0.1, -0.05) is 6.07 Å². The van der Waals surface area contributed by atoms with Crippen LogP contribution in [0.4, 0.5) is 0 Å². The summed E-state index contributed by atoms with van der Waals surface area (Å²) in [4.78, 5) is 4.26. The van der Waals surface area contributed by atoms with Gasteiger partial charge in [0, 0.05) is 17.6 Å². The van der Waals surface area contributed by atoms with Crippen molar-refractivity contribution in [1.29, 1.82) is 0 Å². The van der Waals surface area contributed by atoms with Crippen LogP contribution in [0.25, 0.3) is 10.8 Å². The van der Waals surface area contributed by atoms with Gasteiger partial charge in [-0.25, -0.2) is 4.98 Å². The Bertz CT molecular complexity index is 571. The molecule has 2 aromatic rings. The quantitative estimate of drug-likeness (QED) is 0.849. The summed E-state index contributed by atoms with van der Waals surface area (Å²) in [5.41, 5.74) is 5.88. The summed E-state index contributed by atoms with van der Waals surface area (Å²) in [7, 11) is 0. The molecular weight excluding hydrogens is 228 g/mol. The number of rotatable bonds is 2. The molecule has 4 heteroatoms. The van der Waals surface area contributed by atoms with Crippen molar-refractivity contribution in [2.75, 3.05) is 0 Å². The molecule has 4 nitrogen and oxygen atoms in total. The molecule has 1 fully saturated rings. The van der Waals surface area contributed by atoms with Crippen molar-refractivity contribution >= 4 is 10.8 Å². The second-order valence-corrected chi connectivity index (χ2v) is 4.83. The lowest BCUT2D eigenvalue weighted by molar-refractivity contribution is 0.202. The molecule has 0 aliphatic heterocycles. The van der Waals surface area contributed by atoms with E-state index in [2.05, 4.69) is 4.98 Å². The Labute approximate surface area is 105 Å². The maximum atomic E-state index is 9.55. The Balaban J connectivity index is 1.93. The van der Waals surface area contributed by atoms with Crippen molar-refractivity contribution in [1.82, 2.24) is 4.98 Å². The Hall–Kier alpha value is -1.81. The summed E-state index contributed by atoms with van der Waals surface area (Å²) in [6.45, 7) is 0. The molecule has 1 aliphatic rings. The number of nitrogens with two attached hydrogens (primary N) is 1. The van der Waals surface area contributed by atoms with Gasteiger partial charge < -0.3 is 15.6 Å². The maximum absolute atomic E-state index is 9.55. The number of aromatic nitrogens is 1. The average Bonchev–Trinajstić information content (AvgIpc) is 2.76. The van der Waals surface area contributed by atoms with Gasteiger partial charge >= 0.3 is 0 Å². The highest BCUT2D eigenvalue weighted by Gasteiger charge is 2.24. The number of aromatic hydroxyl groups is 1.